The summed E-state index contributed by atoms with van der Waals surface area (Å²) in [6.45, 7) is 3.58. The van der Waals surface area contributed by atoms with Crippen LogP contribution >= 0.6 is 0 Å². The number of rotatable bonds is 5. The number of pyridine rings is 1. The zero-order chi connectivity index (χ0) is 13.5. The normalized spacial score (nSPS) is 11.7. The number of hydrogen-bond acceptors (Lipinski definition) is 5. The highest BCUT2D eigenvalue weighted by atomic mass is 16.5. The van der Waals surface area contributed by atoms with Crippen LogP contribution in [0.2, 0.25) is 0 Å². The molecule has 0 aromatic carbocycles. The molecule has 3 N–H and O–H groups in total. The van der Waals surface area contributed by atoms with Gasteiger partial charge in [0.25, 0.3) is 0 Å². The molecule has 1 unspecified atom stereocenters. The molecule has 1 aromatic heterocycles. The second-order valence-corrected chi connectivity index (χ2v) is 3.80. The molecule has 0 aliphatic heterocycles. The van der Waals surface area contributed by atoms with Gasteiger partial charge in [-0.05, 0) is 26.0 Å². The van der Waals surface area contributed by atoms with Crippen LogP contribution in [0.4, 0.5) is 5.69 Å². The van der Waals surface area contributed by atoms with Crippen LogP contribution in [0.25, 0.3) is 0 Å². The van der Waals surface area contributed by atoms with Gasteiger partial charge in [-0.1, -0.05) is 0 Å². The third-order valence-electron chi connectivity index (χ3n) is 2.21. The standard InChI is InChI=1S/C12H17N3O3/c1-3-18-12(17)8(2)15-11(16)6-10-5-4-9(13)7-14-10/h4-5,7-8H,3,6,13H2,1-2H3,(H,15,16). The van der Waals surface area contributed by atoms with Crippen LogP contribution in [0, 0.1) is 0 Å². The number of carbonyl (C=O) groups excluding carboxylic acids is 2. The summed E-state index contributed by atoms with van der Waals surface area (Å²) in [4.78, 5) is 26.9. The van der Waals surface area contributed by atoms with Crippen LogP contribution in [0.15, 0.2) is 18.3 Å². The number of nitrogens with two attached hydrogens (primary N) is 1. The van der Waals surface area contributed by atoms with Gasteiger partial charge >= 0.3 is 5.97 Å². The smallest absolute Gasteiger partial charge is 0.328 e. The minimum Gasteiger partial charge on any atom is -0.464 e. The quantitative estimate of drug-likeness (QED) is 0.733. The molecule has 0 spiro atoms. The lowest BCUT2D eigenvalue weighted by atomic mass is 10.2. The Kier molecular flexibility index (Phi) is 5.10. The van der Waals surface area contributed by atoms with Gasteiger partial charge in [-0.2, -0.15) is 0 Å². The molecule has 1 atom stereocenters. The Labute approximate surface area is 106 Å². The maximum atomic E-state index is 11.6. The van der Waals surface area contributed by atoms with E-state index in [1.165, 1.54) is 6.20 Å². The van der Waals surface area contributed by atoms with Crippen molar-refractivity contribution < 1.29 is 14.3 Å². The SMILES string of the molecule is CCOC(=O)C(C)NC(=O)Cc1ccc(N)cn1. The topological polar surface area (TPSA) is 94.3 Å². The highest BCUT2D eigenvalue weighted by Crippen LogP contribution is 2.02. The summed E-state index contributed by atoms with van der Waals surface area (Å²) in [5.41, 5.74) is 6.62. The van der Waals surface area contributed by atoms with Crippen molar-refractivity contribution >= 4 is 17.6 Å². The molecule has 0 saturated heterocycles. The number of anilines is 1. The van der Waals surface area contributed by atoms with Gasteiger partial charge in [0.2, 0.25) is 5.91 Å². The average molecular weight is 251 g/mol. The molecule has 0 bridgehead atoms. The van der Waals surface area contributed by atoms with Crippen molar-refractivity contribution in [3.05, 3.63) is 24.0 Å². The van der Waals surface area contributed by atoms with E-state index in [0.29, 0.717) is 18.0 Å². The molecule has 1 rings (SSSR count). The second-order valence-electron chi connectivity index (χ2n) is 3.80. The number of ether oxygens (including phenoxy) is 1. The zero-order valence-electron chi connectivity index (χ0n) is 10.5. The number of aromatic nitrogens is 1. The lowest BCUT2D eigenvalue weighted by Gasteiger charge is -2.12. The molecule has 18 heavy (non-hydrogen) atoms. The Morgan fingerprint density at radius 2 is 2.22 bits per heavy atom. The average Bonchev–Trinajstić information content (AvgIpc) is 2.32. The third kappa shape index (κ3) is 4.40. The van der Waals surface area contributed by atoms with E-state index in [1.54, 1.807) is 26.0 Å². The summed E-state index contributed by atoms with van der Waals surface area (Å²) in [6, 6.07) is 2.68. The van der Waals surface area contributed by atoms with E-state index in [0.717, 1.165) is 0 Å². The second kappa shape index (κ2) is 6.58. The van der Waals surface area contributed by atoms with Crippen LogP contribution in [-0.4, -0.2) is 29.5 Å². The first-order valence-corrected chi connectivity index (χ1v) is 5.69. The minimum absolute atomic E-state index is 0.101. The number of hydrogen-bond donors (Lipinski definition) is 2. The Bertz CT molecular complexity index is 417. The number of nitrogens with zero attached hydrogens (tertiary/aromatic N) is 1. The Balaban J connectivity index is 2.46. The number of amides is 1. The predicted octanol–water partition coefficient (Wildman–Crippen LogP) is 0.274. The first-order chi connectivity index (χ1) is 8.52. The van der Waals surface area contributed by atoms with Gasteiger partial charge in [-0.15, -0.1) is 0 Å². The molecule has 0 saturated carbocycles. The van der Waals surface area contributed by atoms with Crippen molar-refractivity contribution in [2.24, 2.45) is 0 Å². The van der Waals surface area contributed by atoms with Crippen LogP contribution < -0.4 is 11.1 Å². The van der Waals surface area contributed by atoms with Crippen molar-refractivity contribution in [3.63, 3.8) is 0 Å². The summed E-state index contributed by atoms with van der Waals surface area (Å²) in [5, 5.41) is 2.54. The summed E-state index contributed by atoms with van der Waals surface area (Å²) < 4.78 is 4.78. The Morgan fingerprint density at radius 1 is 1.50 bits per heavy atom. The van der Waals surface area contributed by atoms with Gasteiger partial charge in [-0.25, -0.2) is 4.79 Å². The monoisotopic (exact) mass is 251 g/mol. The van der Waals surface area contributed by atoms with Crippen molar-refractivity contribution in [1.82, 2.24) is 10.3 Å². The molecule has 0 radical (unpaired) electrons. The fourth-order valence-electron chi connectivity index (χ4n) is 1.32. The van der Waals surface area contributed by atoms with Crippen molar-refractivity contribution in [2.45, 2.75) is 26.3 Å². The fraction of sp³-hybridized carbons (Fsp3) is 0.417. The van der Waals surface area contributed by atoms with E-state index in [1.807, 2.05) is 0 Å². The summed E-state index contributed by atoms with van der Waals surface area (Å²) in [5.74, 6) is -0.732. The molecule has 6 nitrogen and oxygen atoms in total. The van der Waals surface area contributed by atoms with E-state index in [4.69, 9.17) is 10.5 Å². The molecule has 0 fully saturated rings. The number of nitrogens with one attached hydrogen (secondary N) is 1. The highest BCUT2D eigenvalue weighted by Gasteiger charge is 2.16. The Morgan fingerprint density at radius 3 is 2.78 bits per heavy atom. The lowest BCUT2D eigenvalue weighted by molar-refractivity contribution is -0.146. The van der Waals surface area contributed by atoms with Gasteiger partial charge in [0.15, 0.2) is 0 Å². The number of esters is 1. The van der Waals surface area contributed by atoms with Gasteiger partial charge in [-0.3, -0.25) is 9.78 Å². The van der Waals surface area contributed by atoms with Crippen molar-refractivity contribution in [2.75, 3.05) is 12.3 Å². The lowest BCUT2D eigenvalue weighted by Crippen LogP contribution is -2.40. The molecule has 6 heteroatoms. The van der Waals surface area contributed by atoms with E-state index < -0.39 is 12.0 Å². The maximum Gasteiger partial charge on any atom is 0.328 e. The fourth-order valence-corrected chi connectivity index (χ4v) is 1.32. The largest absolute Gasteiger partial charge is 0.464 e. The van der Waals surface area contributed by atoms with Gasteiger partial charge in [0.1, 0.15) is 6.04 Å². The summed E-state index contributed by atoms with van der Waals surface area (Å²) in [7, 11) is 0. The molecule has 1 heterocycles. The van der Waals surface area contributed by atoms with Crippen LogP contribution in [0.1, 0.15) is 19.5 Å². The molecule has 1 amide bonds. The van der Waals surface area contributed by atoms with Crippen LogP contribution in [-0.2, 0) is 20.7 Å². The zero-order valence-corrected chi connectivity index (χ0v) is 10.5. The van der Waals surface area contributed by atoms with Crippen molar-refractivity contribution in [1.29, 1.82) is 0 Å². The molecular formula is C12H17N3O3. The molecular weight excluding hydrogens is 234 g/mol. The molecule has 98 valence electrons. The first kappa shape index (κ1) is 14.0. The summed E-state index contributed by atoms with van der Waals surface area (Å²) >= 11 is 0. The van der Waals surface area contributed by atoms with Crippen LogP contribution in [0.3, 0.4) is 0 Å². The summed E-state index contributed by atoms with van der Waals surface area (Å²) in [6.07, 6.45) is 1.58. The number of nitrogen functional groups attached to an aromatic ring is 1. The van der Waals surface area contributed by atoms with Crippen LogP contribution in [0.5, 0.6) is 0 Å². The van der Waals surface area contributed by atoms with Gasteiger partial charge in [0, 0.05) is 5.69 Å². The molecule has 1 aromatic rings. The third-order valence-corrected chi connectivity index (χ3v) is 2.21. The first-order valence-electron chi connectivity index (χ1n) is 5.69. The van der Waals surface area contributed by atoms with Crippen molar-refractivity contribution in [3.8, 4) is 0 Å². The van der Waals surface area contributed by atoms with E-state index >= 15 is 0 Å². The maximum absolute atomic E-state index is 11.6. The molecule has 0 aliphatic rings. The van der Waals surface area contributed by atoms with E-state index in [9.17, 15) is 9.59 Å². The highest BCUT2D eigenvalue weighted by molar-refractivity contribution is 5.85. The van der Waals surface area contributed by atoms with E-state index in [2.05, 4.69) is 10.3 Å². The number of carbonyl (C=O) groups is 2. The van der Waals surface area contributed by atoms with E-state index in [-0.39, 0.29) is 12.3 Å². The predicted molar refractivity (Wildman–Crippen MR) is 66.6 cm³/mol. The van der Waals surface area contributed by atoms with Gasteiger partial charge < -0.3 is 15.8 Å². The van der Waals surface area contributed by atoms with Gasteiger partial charge in [0.05, 0.1) is 24.9 Å². The Hall–Kier alpha value is -2.11. The molecule has 0 aliphatic carbocycles. The minimum atomic E-state index is -0.661.